The number of benzene rings is 2. The summed E-state index contributed by atoms with van der Waals surface area (Å²) in [5, 5.41) is 3.07. The number of hydrogen-bond donors (Lipinski definition) is 1. The molecule has 0 bridgehead atoms. The van der Waals surface area contributed by atoms with Crippen LogP contribution in [0.3, 0.4) is 0 Å². The molecule has 0 amide bonds. The molecule has 0 radical (unpaired) electrons. The van der Waals surface area contributed by atoms with Crippen molar-refractivity contribution in [3.63, 3.8) is 0 Å². The highest BCUT2D eigenvalue weighted by Gasteiger charge is 2.02. The fraction of sp³-hybridized carbons (Fsp3) is 0. The number of carbonyl (C=O) groups excluding carboxylic acids is 1. The summed E-state index contributed by atoms with van der Waals surface area (Å²) in [7, 11) is 0. The van der Waals surface area contributed by atoms with Crippen molar-refractivity contribution in [3.8, 4) is 0 Å². The summed E-state index contributed by atoms with van der Waals surface area (Å²) in [6.07, 6.45) is 3.15. The number of hydrogen-bond acceptors (Lipinski definition) is 2. The molecular formula is C15H10Br3NO. The third-order valence-corrected chi connectivity index (χ3v) is 4.16. The Hall–Kier alpha value is -0.910. The van der Waals surface area contributed by atoms with E-state index in [0.29, 0.717) is 5.56 Å². The first-order valence-corrected chi connectivity index (χ1v) is 8.12. The molecule has 0 saturated heterocycles. The van der Waals surface area contributed by atoms with Crippen LogP contribution in [0.1, 0.15) is 10.4 Å². The number of halogens is 3. The molecule has 2 aromatic carbocycles. The summed E-state index contributed by atoms with van der Waals surface area (Å²) in [6, 6.07) is 13.1. The quantitative estimate of drug-likeness (QED) is 0.463. The Morgan fingerprint density at radius 2 is 1.75 bits per heavy atom. The summed E-state index contributed by atoms with van der Waals surface area (Å²) in [4.78, 5) is 12.0. The van der Waals surface area contributed by atoms with Gasteiger partial charge in [-0.3, -0.25) is 4.79 Å². The Morgan fingerprint density at radius 1 is 1.00 bits per heavy atom. The maximum absolute atomic E-state index is 12.0. The summed E-state index contributed by atoms with van der Waals surface area (Å²) < 4.78 is 2.80. The minimum Gasteiger partial charge on any atom is -0.361 e. The molecule has 0 aromatic heterocycles. The summed E-state index contributed by atoms with van der Waals surface area (Å²) >= 11 is 10.2. The normalized spacial score (nSPS) is 10.8. The topological polar surface area (TPSA) is 29.1 Å². The van der Waals surface area contributed by atoms with Crippen LogP contribution in [0, 0.1) is 0 Å². The van der Waals surface area contributed by atoms with Gasteiger partial charge in [0.2, 0.25) is 0 Å². The molecule has 0 saturated carbocycles. The van der Waals surface area contributed by atoms with Crippen LogP contribution in [0.4, 0.5) is 5.69 Å². The van der Waals surface area contributed by atoms with Crippen molar-refractivity contribution < 1.29 is 4.79 Å². The molecule has 102 valence electrons. The lowest BCUT2D eigenvalue weighted by atomic mass is 10.1. The van der Waals surface area contributed by atoms with Gasteiger partial charge in [-0.05, 0) is 46.3 Å². The van der Waals surface area contributed by atoms with Crippen LogP contribution in [0.15, 0.2) is 68.2 Å². The second kappa shape index (κ2) is 7.20. The fourth-order valence-corrected chi connectivity index (χ4v) is 3.11. The van der Waals surface area contributed by atoms with Gasteiger partial charge in [0.15, 0.2) is 5.78 Å². The minimum absolute atomic E-state index is 0.0490. The highest BCUT2D eigenvalue weighted by Crippen LogP contribution is 2.26. The van der Waals surface area contributed by atoms with Crippen molar-refractivity contribution in [2.45, 2.75) is 0 Å². The number of allylic oxidation sites excluding steroid dienone is 1. The zero-order valence-electron chi connectivity index (χ0n) is 10.2. The van der Waals surface area contributed by atoms with Gasteiger partial charge in [-0.15, -0.1) is 0 Å². The Labute approximate surface area is 142 Å². The highest BCUT2D eigenvalue weighted by atomic mass is 79.9. The SMILES string of the molecule is O=C(/C=C/Nc1ccc(Br)cc1Br)c1cccc(Br)c1. The minimum atomic E-state index is -0.0490. The molecule has 1 N–H and O–H groups in total. The van der Waals surface area contributed by atoms with Crippen LogP contribution in [-0.4, -0.2) is 5.78 Å². The van der Waals surface area contributed by atoms with Gasteiger partial charge in [0.05, 0.1) is 5.69 Å². The lowest BCUT2D eigenvalue weighted by molar-refractivity contribution is 0.104. The van der Waals surface area contributed by atoms with Gasteiger partial charge in [0.1, 0.15) is 0 Å². The van der Waals surface area contributed by atoms with Crippen LogP contribution >= 0.6 is 47.8 Å². The van der Waals surface area contributed by atoms with Gasteiger partial charge in [-0.2, -0.15) is 0 Å². The van der Waals surface area contributed by atoms with Crippen LogP contribution in [0.25, 0.3) is 0 Å². The largest absolute Gasteiger partial charge is 0.361 e. The first-order chi connectivity index (χ1) is 9.56. The number of rotatable bonds is 4. The van der Waals surface area contributed by atoms with E-state index in [1.165, 1.54) is 6.08 Å². The monoisotopic (exact) mass is 457 g/mol. The zero-order valence-corrected chi connectivity index (χ0v) is 15.0. The van der Waals surface area contributed by atoms with Crippen molar-refractivity contribution in [1.29, 1.82) is 0 Å². The van der Waals surface area contributed by atoms with Gasteiger partial charge < -0.3 is 5.32 Å². The van der Waals surface area contributed by atoms with Crippen molar-refractivity contribution in [2.24, 2.45) is 0 Å². The number of nitrogens with one attached hydrogen (secondary N) is 1. The summed E-state index contributed by atoms with van der Waals surface area (Å²) in [5.41, 5.74) is 1.54. The van der Waals surface area contributed by atoms with E-state index in [9.17, 15) is 4.79 Å². The van der Waals surface area contributed by atoms with Gasteiger partial charge in [-0.25, -0.2) is 0 Å². The van der Waals surface area contributed by atoms with E-state index in [0.717, 1.165) is 19.1 Å². The van der Waals surface area contributed by atoms with Crippen molar-refractivity contribution >= 4 is 59.3 Å². The predicted molar refractivity (Wildman–Crippen MR) is 93.1 cm³/mol. The molecule has 2 nitrogen and oxygen atoms in total. The molecule has 2 rings (SSSR count). The van der Waals surface area contributed by atoms with Gasteiger partial charge in [0, 0.05) is 31.3 Å². The van der Waals surface area contributed by atoms with Gasteiger partial charge in [-0.1, -0.05) is 44.0 Å². The van der Waals surface area contributed by atoms with Gasteiger partial charge >= 0.3 is 0 Å². The van der Waals surface area contributed by atoms with E-state index in [4.69, 9.17) is 0 Å². The molecule has 0 aliphatic heterocycles. The molecule has 0 aliphatic carbocycles. The van der Waals surface area contributed by atoms with Crippen LogP contribution in [-0.2, 0) is 0 Å². The molecule has 0 spiro atoms. The number of ketones is 1. The second-order valence-electron chi connectivity index (χ2n) is 3.98. The fourth-order valence-electron chi connectivity index (χ4n) is 1.55. The maximum atomic E-state index is 12.0. The smallest absolute Gasteiger partial charge is 0.187 e. The molecule has 0 aliphatic rings. The van der Waals surface area contributed by atoms with Crippen LogP contribution < -0.4 is 5.32 Å². The van der Waals surface area contributed by atoms with E-state index < -0.39 is 0 Å². The average Bonchev–Trinajstić information content (AvgIpc) is 2.41. The lowest BCUT2D eigenvalue weighted by Gasteiger charge is -2.04. The number of carbonyl (C=O) groups is 1. The van der Waals surface area contributed by atoms with Crippen LogP contribution in [0.5, 0.6) is 0 Å². The summed E-state index contributed by atoms with van der Waals surface area (Å²) in [6.45, 7) is 0. The Bertz CT molecular complexity index is 668. The standard InChI is InChI=1S/C15H10Br3NO/c16-11-3-1-2-10(8-11)15(20)6-7-19-14-5-4-12(17)9-13(14)18/h1-9,19H/b7-6+. The lowest BCUT2D eigenvalue weighted by Crippen LogP contribution is -1.96. The first-order valence-electron chi connectivity index (χ1n) is 5.74. The molecule has 2 aromatic rings. The molecule has 0 unspecified atom stereocenters. The number of anilines is 1. The average molecular weight is 460 g/mol. The second-order valence-corrected chi connectivity index (χ2v) is 6.66. The first kappa shape index (κ1) is 15.5. The Kier molecular flexibility index (Phi) is 5.57. The molecule has 0 fully saturated rings. The highest BCUT2D eigenvalue weighted by molar-refractivity contribution is 9.11. The van der Waals surface area contributed by atoms with E-state index >= 15 is 0 Å². The molecular weight excluding hydrogens is 450 g/mol. The predicted octanol–water partition coefficient (Wildman–Crippen LogP) is 5.78. The van der Waals surface area contributed by atoms with E-state index in [-0.39, 0.29) is 5.78 Å². The van der Waals surface area contributed by atoms with E-state index in [2.05, 4.69) is 53.1 Å². The Morgan fingerprint density at radius 3 is 2.45 bits per heavy atom. The van der Waals surface area contributed by atoms with E-state index in [1.54, 1.807) is 18.3 Å². The molecule has 0 atom stereocenters. The Balaban J connectivity index is 2.05. The summed E-state index contributed by atoms with van der Waals surface area (Å²) in [5.74, 6) is -0.0490. The molecule has 5 heteroatoms. The van der Waals surface area contributed by atoms with Crippen molar-refractivity contribution in [3.05, 3.63) is 73.7 Å². The van der Waals surface area contributed by atoms with Crippen LogP contribution in [0.2, 0.25) is 0 Å². The third-order valence-electron chi connectivity index (χ3n) is 2.51. The molecule has 20 heavy (non-hydrogen) atoms. The molecule has 0 heterocycles. The zero-order chi connectivity index (χ0) is 14.5. The third kappa shape index (κ3) is 4.30. The van der Waals surface area contributed by atoms with Crippen molar-refractivity contribution in [1.82, 2.24) is 0 Å². The van der Waals surface area contributed by atoms with E-state index in [1.807, 2.05) is 30.3 Å². The maximum Gasteiger partial charge on any atom is 0.187 e. The van der Waals surface area contributed by atoms with Gasteiger partial charge in [0.25, 0.3) is 0 Å². The van der Waals surface area contributed by atoms with Crippen molar-refractivity contribution in [2.75, 3.05) is 5.32 Å².